The molecule has 0 atom stereocenters. The van der Waals surface area contributed by atoms with Gasteiger partial charge in [0.05, 0.1) is 17.8 Å². The number of anilines is 1. The van der Waals surface area contributed by atoms with Gasteiger partial charge in [-0.25, -0.2) is 0 Å². The number of hydrogen-bond acceptors (Lipinski definition) is 3. The zero-order chi connectivity index (χ0) is 19.4. The Morgan fingerprint density at radius 1 is 1.04 bits per heavy atom. The Hall–Kier alpha value is -2.40. The van der Waals surface area contributed by atoms with Crippen molar-refractivity contribution in [3.63, 3.8) is 0 Å². The van der Waals surface area contributed by atoms with Crippen LogP contribution in [0.4, 0.5) is 5.69 Å². The van der Waals surface area contributed by atoms with Crippen LogP contribution in [-0.2, 0) is 4.79 Å². The van der Waals surface area contributed by atoms with Gasteiger partial charge in [0.1, 0.15) is 17.3 Å². The molecular formula is C20H14Cl3NO3. The number of hydrogen-bond donors (Lipinski definition) is 1. The SMILES string of the molecule is COc1ccc(Cl)cc1NC(=O)/C=C/c1ccc(-c2ccc(Cl)cc2Cl)o1. The Bertz CT molecular complexity index is 1010. The molecule has 0 saturated heterocycles. The van der Waals surface area contributed by atoms with Crippen molar-refractivity contribution in [1.82, 2.24) is 0 Å². The van der Waals surface area contributed by atoms with Crippen LogP contribution in [-0.4, -0.2) is 13.0 Å². The minimum atomic E-state index is -0.349. The maximum absolute atomic E-state index is 12.2. The average Bonchev–Trinajstić information content (AvgIpc) is 3.09. The number of furan rings is 1. The van der Waals surface area contributed by atoms with Gasteiger partial charge in [-0.1, -0.05) is 34.8 Å². The molecule has 1 aromatic heterocycles. The summed E-state index contributed by atoms with van der Waals surface area (Å²) in [5.41, 5.74) is 1.20. The van der Waals surface area contributed by atoms with Gasteiger partial charge in [0.2, 0.25) is 5.91 Å². The summed E-state index contributed by atoms with van der Waals surface area (Å²) >= 11 is 18.0. The molecule has 27 heavy (non-hydrogen) atoms. The Kier molecular flexibility index (Phi) is 6.11. The number of methoxy groups -OCH3 is 1. The van der Waals surface area contributed by atoms with E-state index in [1.54, 1.807) is 54.6 Å². The highest BCUT2D eigenvalue weighted by atomic mass is 35.5. The number of amides is 1. The van der Waals surface area contributed by atoms with E-state index in [2.05, 4.69) is 5.32 Å². The third-order valence-electron chi connectivity index (χ3n) is 3.64. The van der Waals surface area contributed by atoms with Crippen LogP contribution in [0.25, 0.3) is 17.4 Å². The third kappa shape index (κ3) is 4.86. The maximum atomic E-state index is 12.2. The van der Waals surface area contributed by atoms with Gasteiger partial charge in [-0.2, -0.15) is 0 Å². The van der Waals surface area contributed by atoms with Crippen LogP contribution in [0.3, 0.4) is 0 Å². The third-order valence-corrected chi connectivity index (χ3v) is 4.42. The topological polar surface area (TPSA) is 51.5 Å². The molecule has 4 nitrogen and oxygen atoms in total. The Morgan fingerprint density at radius 2 is 1.78 bits per heavy atom. The van der Waals surface area contributed by atoms with E-state index < -0.39 is 0 Å². The van der Waals surface area contributed by atoms with Gasteiger partial charge >= 0.3 is 0 Å². The van der Waals surface area contributed by atoms with Gasteiger partial charge in [0, 0.05) is 21.7 Å². The van der Waals surface area contributed by atoms with Crippen molar-refractivity contribution in [2.24, 2.45) is 0 Å². The summed E-state index contributed by atoms with van der Waals surface area (Å²) in [5.74, 6) is 1.24. The van der Waals surface area contributed by atoms with Crippen molar-refractivity contribution in [3.8, 4) is 17.1 Å². The Labute approximate surface area is 171 Å². The zero-order valence-corrected chi connectivity index (χ0v) is 16.4. The van der Waals surface area contributed by atoms with Crippen LogP contribution in [0.5, 0.6) is 5.75 Å². The molecule has 0 spiro atoms. The van der Waals surface area contributed by atoms with E-state index in [-0.39, 0.29) is 5.91 Å². The fourth-order valence-electron chi connectivity index (χ4n) is 2.39. The van der Waals surface area contributed by atoms with Gasteiger partial charge < -0.3 is 14.5 Å². The highest BCUT2D eigenvalue weighted by Crippen LogP contribution is 2.32. The van der Waals surface area contributed by atoms with Gasteiger partial charge in [-0.3, -0.25) is 4.79 Å². The molecule has 7 heteroatoms. The van der Waals surface area contributed by atoms with E-state index in [4.69, 9.17) is 44.0 Å². The van der Waals surface area contributed by atoms with E-state index in [0.29, 0.717) is 43.6 Å². The van der Waals surface area contributed by atoms with Crippen molar-refractivity contribution in [2.75, 3.05) is 12.4 Å². The molecule has 1 amide bonds. The monoisotopic (exact) mass is 421 g/mol. The molecule has 0 aliphatic carbocycles. The van der Waals surface area contributed by atoms with Gasteiger partial charge in [-0.05, 0) is 54.6 Å². The second-order valence-corrected chi connectivity index (χ2v) is 6.77. The molecule has 0 unspecified atom stereocenters. The van der Waals surface area contributed by atoms with E-state index in [9.17, 15) is 4.79 Å². The quantitative estimate of drug-likeness (QED) is 0.473. The number of carbonyl (C=O) groups excluding carboxylic acids is 1. The number of ether oxygens (including phenoxy) is 1. The minimum absolute atomic E-state index is 0.349. The molecule has 0 aliphatic rings. The number of carbonyl (C=O) groups is 1. The normalized spacial score (nSPS) is 11.0. The second kappa shape index (κ2) is 8.53. The van der Waals surface area contributed by atoms with Crippen LogP contribution in [0.15, 0.2) is 59.0 Å². The van der Waals surface area contributed by atoms with Crippen LogP contribution in [0.2, 0.25) is 15.1 Å². The van der Waals surface area contributed by atoms with Crippen LogP contribution in [0.1, 0.15) is 5.76 Å². The van der Waals surface area contributed by atoms with Crippen LogP contribution < -0.4 is 10.1 Å². The first-order valence-corrected chi connectivity index (χ1v) is 8.97. The molecule has 0 bridgehead atoms. The van der Waals surface area contributed by atoms with Crippen molar-refractivity contribution in [2.45, 2.75) is 0 Å². The summed E-state index contributed by atoms with van der Waals surface area (Å²) in [6.07, 6.45) is 2.91. The van der Waals surface area contributed by atoms with Crippen molar-refractivity contribution in [1.29, 1.82) is 0 Å². The van der Waals surface area contributed by atoms with E-state index in [0.717, 1.165) is 0 Å². The molecule has 1 heterocycles. The Balaban J connectivity index is 1.72. The summed E-state index contributed by atoms with van der Waals surface area (Å²) in [6, 6.07) is 13.6. The predicted molar refractivity (Wildman–Crippen MR) is 110 cm³/mol. The molecule has 0 saturated carbocycles. The Morgan fingerprint density at radius 3 is 2.52 bits per heavy atom. The van der Waals surface area contributed by atoms with Gasteiger partial charge in [-0.15, -0.1) is 0 Å². The molecule has 3 rings (SSSR count). The highest BCUT2D eigenvalue weighted by Gasteiger charge is 2.09. The van der Waals surface area contributed by atoms with E-state index in [1.165, 1.54) is 13.2 Å². The summed E-state index contributed by atoms with van der Waals surface area (Å²) in [6.45, 7) is 0. The summed E-state index contributed by atoms with van der Waals surface area (Å²) in [4.78, 5) is 12.2. The second-order valence-electron chi connectivity index (χ2n) is 5.49. The first kappa shape index (κ1) is 19.4. The minimum Gasteiger partial charge on any atom is -0.495 e. The summed E-state index contributed by atoms with van der Waals surface area (Å²) < 4.78 is 10.9. The molecule has 0 aliphatic heterocycles. The number of rotatable bonds is 5. The number of benzene rings is 2. The van der Waals surface area contributed by atoms with Gasteiger partial charge in [0.15, 0.2) is 0 Å². The lowest BCUT2D eigenvalue weighted by Crippen LogP contribution is -2.08. The molecule has 3 aromatic rings. The number of nitrogens with one attached hydrogen (secondary N) is 1. The lowest BCUT2D eigenvalue weighted by molar-refractivity contribution is -0.111. The molecule has 0 fully saturated rings. The fourth-order valence-corrected chi connectivity index (χ4v) is 3.06. The van der Waals surface area contributed by atoms with E-state index >= 15 is 0 Å². The van der Waals surface area contributed by atoms with E-state index in [1.807, 2.05) is 0 Å². The van der Waals surface area contributed by atoms with Gasteiger partial charge in [0.25, 0.3) is 0 Å². The first-order chi connectivity index (χ1) is 13.0. The fraction of sp³-hybridized carbons (Fsp3) is 0.0500. The summed E-state index contributed by atoms with van der Waals surface area (Å²) in [7, 11) is 1.51. The zero-order valence-electron chi connectivity index (χ0n) is 14.1. The van der Waals surface area contributed by atoms with Crippen molar-refractivity contribution >= 4 is 52.5 Å². The molecular weight excluding hydrogens is 409 g/mol. The average molecular weight is 423 g/mol. The summed E-state index contributed by atoms with van der Waals surface area (Å²) in [5, 5.41) is 4.23. The highest BCUT2D eigenvalue weighted by molar-refractivity contribution is 6.36. The predicted octanol–water partition coefficient (Wildman–Crippen LogP) is 6.57. The van der Waals surface area contributed by atoms with Crippen molar-refractivity contribution < 1.29 is 13.9 Å². The molecule has 0 radical (unpaired) electrons. The van der Waals surface area contributed by atoms with Crippen molar-refractivity contribution in [3.05, 3.63) is 75.4 Å². The smallest absolute Gasteiger partial charge is 0.248 e. The van der Waals surface area contributed by atoms with Crippen LogP contribution in [0, 0.1) is 0 Å². The molecule has 2 aromatic carbocycles. The largest absolute Gasteiger partial charge is 0.495 e. The van der Waals surface area contributed by atoms with Crippen LogP contribution >= 0.6 is 34.8 Å². The standard InChI is InChI=1S/C20H14Cl3NO3/c1-26-19-7-3-13(22)11-17(19)24-20(25)9-5-14-4-8-18(27-14)15-6-2-12(21)10-16(15)23/h2-11H,1H3,(H,24,25)/b9-5+. The molecule has 138 valence electrons. The number of halogens is 3. The lowest BCUT2D eigenvalue weighted by Gasteiger charge is -2.08. The maximum Gasteiger partial charge on any atom is 0.248 e. The molecule has 1 N–H and O–H groups in total. The lowest BCUT2D eigenvalue weighted by atomic mass is 10.2. The first-order valence-electron chi connectivity index (χ1n) is 7.84.